The van der Waals surface area contributed by atoms with Gasteiger partial charge in [0, 0.05) is 36.3 Å². The number of carbonyl (C=O) groups is 1. The summed E-state index contributed by atoms with van der Waals surface area (Å²) in [7, 11) is 0. The highest BCUT2D eigenvalue weighted by atomic mass is 16.5. The average Bonchev–Trinajstić information content (AvgIpc) is 2.86. The highest BCUT2D eigenvalue weighted by Gasteiger charge is 2.43. The summed E-state index contributed by atoms with van der Waals surface area (Å²) < 4.78 is 6.15. The molecule has 1 aliphatic carbocycles. The molecule has 3 N–H and O–H groups in total. The van der Waals surface area contributed by atoms with E-state index in [0.29, 0.717) is 29.9 Å². The number of anilines is 1. The number of carboxylic acid groups (broad SMARTS) is 1. The molecule has 0 aromatic heterocycles. The van der Waals surface area contributed by atoms with Gasteiger partial charge in [0.15, 0.2) is 0 Å². The third-order valence-corrected chi connectivity index (χ3v) is 7.51. The van der Waals surface area contributed by atoms with Crippen molar-refractivity contribution in [2.75, 3.05) is 18.0 Å². The van der Waals surface area contributed by atoms with Crippen LogP contribution in [0.25, 0.3) is 11.1 Å². The van der Waals surface area contributed by atoms with Crippen LogP contribution >= 0.6 is 0 Å². The van der Waals surface area contributed by atoms with Crippen LogP contribution in [0.15, 0.2) is 66.7 Å². The maximum Gasteiger partial charge on any atom is 0.307 e. The lowest BCUT2D eigenvalue weighted by molar-refractivity contribution is -0.136. The van der Waals surface area contributed by atoms with E-state index in [2.05, 4.69) is 47.4 Å². The van der Waals surface area contributed by atoms with E-state index in [-0.39, 0.29) is 6.42 Å². The number of carboxylic acids is 1. The second-order valence-electron chi connectivity index (χ2n) is 10.2. The van der Waals surface area contributed by atoms with E-state index in [4.69, 9.17) is 10.5 Å². The van der Waals surface area contributed by atoms with E-state index in [0.717, 1.165) is 35.3 Å². The summed E-state index contributed by atoms with van der Waals surface area (Å²) in [4.78, 5) is 13.8. The largest absolute Gasteiger partial charge is 0.489 e. The van der Waals surface area contributed by atoms with Gasteiger partial charge in [0.1, 0.15) is 12.4 Å². The summed E-state index contributed by atoms with van der Waals surface area (Å²) in [5.41, 5.74) is 12.8. The number of hydrogen-bond acceptors (Lipinski definition) is 4. The molecule has 5 heteroatoms. The molecule has 1 saturated heterocycles. The zero-order valence-corrected chi connectivity index (χ0v) is 20.2. The first-order chi connectivity index (χ1) is 17.0. The topological polar surface area (TPSA) is 75.8 Å². The zero-order chi connectivity index (χ0) is 24.3. The quantitative estimate of drug-likeness (QED) is 0.436. The lowest BCUT2D eigenvalue weighted by Crippen LogP contribution is -2.57. The minimum Gasteiger partial charge on any atom is -0.489 e. The minimum absolute atomic E-state index is 0.0524. The Morgan fingerprint density at radius 3 is 2.46 bits per heavy atom. The molecule has 5 rings (SSSR count). The molecule has 0 radical (unpaired) electrons. The van der Waals surface area contributed by atoms with Crippen molar-refractivity contribution in [3.63, 3.8) is 0 Å². The van der Waals surface area contributed by atoms with Crippen LogP contribution in [0.4, 0.5) is 5.69 Å². The van der Waals surface area contributed by atoms with Gasteiger partial charge in [-0.3, -0.25) is 4.79 Å². The maximum atomic E-state index is 11.3. The standard InChI is InChI=1S/C30H34N2O3/c31-18-22-7-6-9-24(13-22)26-14-23(19-35-28-10-3-2-8-25(28)17-29(33)34)15-27(16-26)32-20-30(21-32)11-4-1-5-12-30/h2-3,6-10,13-16H,1,4-5,11-12,17-21,31H2,(H,33,34). The normalized spacial score (nSPS) is 16.7. The van der Waals surface area contributed by atoms with E-state index >= 15 is 0 Å². The molecule has 0 amide bonds. The summed E-state index contributed by atoms with van der Waals surface area (Å²) in [6.07, 6.45) is 6.72. The fraction of sp³-hybridized carbons (Fsp3) is 0.367. The monoisotopic (exact) mass is 470 g/mol. The highest BCUT2D eigenvalue weighted by Crippen LogP contribution is 2.46. The van der Waals surface area contributed by atoms with Crippen LogP contribution < -0.4 is 15.4 Å². The number of nitrogens with two attached hydrogens (primary N) is 1. The second-order valence-corrected chi connectivity index (χ2v) is 10.2. The molecule has 1 heterocycles. The molecule has 1 saturated carbocycles. The number of nitrogens with zero attached hydrogens (tertiary/aromatic N) is 1. The van der Waals surface area contributed by atoms with E-state index in [1.54, 1.807) is 0 Å². The summed E-state index contributed by atoms with van der Waals surface area (Å²) in [5, 5.41) is 9.25. The van der Waals surface area contributed by atoms with Crippen molar-refractivity contribution in [1.82, 2.24) is 0 Å². The van der Waals surface area contributed by atoms with Crippen LogP contribution in [-0.2, 0) is 24.4 Å². The smallest absolute Gasteiger partial charge is 0.307 e. The SMILES string of the molecule is NCc1cccc(-c2cc(COc3ccccc3CC(=O)O)cc(N3CC4(CCCCC4)C3)c2)c1. The fourth-order valence-corrected chi connectivity index (χ4v) is 5.66. The van der Waals surface area contributed by atoms with Gasteiger partial charge < -0.3 is 20.5 Å². The molecule has 0 atom stereocenters. The first kappa shape index (κ1) is 23.4. The van der Waals surface area contributed by atoms with Crippen molar-refractivity contribution < 1.29 is 14.6 Å². The molecule has 35 heavy (non-hydrogen) atoms. The Morgan fingerprint density at radius 2 is 1.69 bits per heavy atom. The van der Waals surface area contributed by atoms with Crippen molar-refractivity contribution in [3.8, 4) is 16.9 Å². The van der Waals surface area contributed by atoms with Gasteiger partial charge >= 0.3 is 5.97 Å². The van der Waals surface area contributed by atoms with Crippen LogP contribution in [0, 0.1) is 5.41 Å². The van der Waals surface area contributed by atoms with Crippen LogP contribution in [0.5, 0.6) is 5.75 Å². The van der Waals surface area contributed by atoms with Crippen LogP contribution in [0.1, 0.15) is 48.8 Å². The van der Waals surface area contributed by atoms with Gasteiger partial charge in [0.05, 0.1) is 6.42 Å². The van der Waals surface area contributed by atoms with E-state index in [9.17, 15) is 9.90 Å². The third kappa shape index (κ3) is 5.35. The second kappa shape index (κ2) is 10.1. The third-order valence-electron chi connectivity index (χ3n) is 7.51. The molecule has 3 aromatic rings. The predicted molar refractivity (Wildman–Crippen MR) is 140 cm³/mol. The van der Waals surface area contributed by atoms with Crippen molar-refractivity contribution >= 4 is 11.7 Å². The Balaban J connectivity index is 1.42. The molecule has 0 bridgehead atoms. The first-order valence-corrected chi connectivity index (χ1v) is 12.6. The van der Waals surface area contributed by atoms with Gasteiger partial charge in [-0.25, -0.2) is 0 Å². The summed E-state index contributed by atoms with van der Waals surface area (Å²) in [6, 6.07) is 22.5. The lowest BCUT2D eigenvalue weighted by atomic mass is 9.68. The molecule has 1 spiro atoms. The Hall–Kier alpha value is -3.31. The number of benzene rings is 3. The molecular weight excluding hydrogens is 436 g/mol. The Bertz CT molecular complexity index is 1190. The van der Waals surface area contributed by atoms with Gasteiger partial charge in [-0.05, 0) is 65.4 Å². The Morgan fingerprint density at radius 1 is 0.914 bits per heavy atom. The number of para-hydroxylation sites is 1. The molecule has 2 aliphatic rings. The highest BCUT2D eigenvalue weighted by molar-refractivity contribution is 5.72. The lowest BCUT2D eigenvalue weighted by Gasteiger charge is -2.53. The van der Waals surface area contributed by atoms with Gasteiger partial charge in [-0.2, -0.15) is 0 Å². The van der Waals surface area contributed by atoms with Crippen molar-refractivity contribution in [3.05, 3.63) is 83.4 Å². The zero-order valence-electron chi connectivity index (χ0n) is 20.2. The van der Waals surface area contributed by atoms with Gasteiger partial charge in [-0.1, -0.05) is 55.7 Å². The van der Waals surface area contributed by atoms with Gasteiger partial charge in [0.2, 0.25) is 0 Å². The van der Waals surface area contributed by atoms with Gasteiger partial charge in [-0.15, -0.1) is 0 Å². The van der Waals surface area contributed by atoms with Crippen molar-refractivity contribution in [1.29, 1.82) is 0 Å². The van der Waals surface area contributed by atoms with Crippen LogP contribution in [0.2, 0.25) is 0 Å². The van der Waals surface area contributed by atoms with Crippen LogP contribution in [-0.4, -0.2) is 24.2 Å². The summed E-state index contributed by atoms with van der Waals surface area (Å²) >= 11 is 0. The predicted octanol–water partition coefficient (Wildman–Crippen LogP) is 5.79. The summed E-state index contributed by atoms with van der Waals surface area (Å²) in [5.74, 6) is -0.239. The minimum atomic E-state index is -0.862. The van der Waals surface area contributed by atoms with Crippen LogP contribution in [0.3, 0.4) is 0 Å². The molecule has 2 fully saturated rings. The number of aliphatic carboxylic acids is 1. The van der Waals surface area contributed by atoms with Crippen molar-refractivity contribution in [2.24, 2.45) is 11.1 Å². The maximum absolute atomic E-state index is 11.3. The van der Waals surface area contributed by atoms with E-state index < -0.39 is 5.97 Å². The molecule has 5 nitrogen and oxygen atoms in total. The number of rotatable bonds is 8. The molecular formula is C30H34N2O3. The number of ether oxygens (including phenoxy) is 1. The molecule has 3 aromatic carbocycles. The summed E-state index contributed by atoms with van der Waals surface area (Å²) in [6.45, 7) is 3.15. The fourth-order valence-electron chi connectivity index (χ4n) is 5.66. The van der Waals surface area contributed by atoms with Gasteiger partial charge in [0.25, 0.3) is 0 Å². The van der Waals surface area contributed by atoms with Crippen molar-refractivity contribution in [2.45, 2.75) is 51.7 Å². The van der Waals surface area contributed by atoms with E-state index in [1.165, 1.54) is 37.8 Å². The molecule has 0 unspecified atom stereocenters. The number of hydrogen-bond donors (Lipinski definition) is 2. The Labute approximate surface area is 207 Å². The molecule has 182 valence electrons. The average molecular weight is 471 g/mol. The first-order valence-electron chi connectivity index (χ1n) is 12.6. The molecule has 1 aliphatic heterocycles. The van der Waals surface area contributed by atoms with E-state index in [1.807, 2.05) is 24.3 Å². The Kier molecular flexibility index (Phi) is 6.78.